The molecule has 1 aromatic carbocycles. The fraction of sp³-hybridized carbons (Fsp3) is 0.500. The molecule has 1 aliphatic carbocycles. The van der Waals surface area contributed by atoms with E-state index in [1.165, 1.54) is 12.1 Å². The van der Waals surface area contributed by atoms with E-state index in [0.717, 1.165) is 6.07 Å². The number of aliphatic hydroxyl groups excluding tert-OH is 1. The second kappa shape index (κ2) is 5.57. The molecule has 5 heteroatoms. The number of amides is 1. The fourth-order valence-corrected chi connectivity index (χ4v) is 2.49. The summed E-state index contributed by atoms with van der Waals surface area (Å²) < 4.78 is 13.6. The number of benzene rings is 1. The van der Waals surface area contributed by atoms with Crippen molar-refractivity contribution in [2.75, 3.05) is 0 Å². The minimum atomic E-state index is -0.735. The normalized spacial score (nSPS) is 23.5. The van der Waals surface area contributed by atoms with Gasteiger partial charge in [-0.2, -0.15) is 0 Å². The maximum absolute atomic E-state index is 13.6. The second-order valence-corrected chi connectivity index (χ2v) is 5.01. The topological polar surface area (TPSA) is 69.6 Å². The predicted octanol–water partition coefficient (Wildman–Crippen LogP) is 1.81. The molecule has 0 aromatic heterocycles. The number of aromatic hydroxyl groups is 1. The quantitative estimate of drug-likeness (QED) is 0.779. The lowest BCUT2D eigenvalue weighted by atomic mass is 9.76. The van der Waals surface area contributed by atoms with Crippen LogP contribution in [0.25, 0.3) is 0 Å². The molecule has 19 heavy (non-hydrogen) atoms. The van der Waals surface area contributed by atoms with E-state index in [2.05, 4.69) is 5.32 Å². The molecule has 1 aromatic rings. The van der Waals surface area contributed by atoms with Gasteiger partial charge < -0.3 is 15.5 Å². The molecule has 1 amide bonds. The van der Waals surface area contributed by atoms with Gasteiger partial charge in [0, 0.05) is 6.04 Å². The zero-order valence-corrected chi connectivity index (χ0v) is 10.8. The summed E-state index contributed by atoms with van der Waals surface area (Å²) in [6.07, 6.45) is 1.72. The highest BCUT2D eigenvalue weighted by Gasteiger charge is 2.34. The molecule has 0 heterocycles. The maximum Gasteiger partial charge on any atom is 0.258 e. The fourth-order valence-electron chi connectivity index (χ4n) is 2.49. The first-order valence-corrected chi connectivity index (χ1v) is 6.49. The Labute approximate surface area is 111 Å². The Balaban J connectivity index is 2.07. The van der Waals surface area contributed by atoms with Crippen LogP contribution >= 0.6 is 0 Å². The summed E-state index contributed by atoms with van der Waals surface area (Å²) in [4.78, 5) is 12.0. The molecule has 104 valence electrons. The highest BCUT2D eigenvalue weighted by molar-refractivity contribution is 5.97. The summed E-state index contributed by atoms with van der Waals surface area (Å²) in [5.74, 6) is -1.48. The molecule has 1 atom stereocenters. The van der Waals surface area contributed by atoms with E-state index in [0.29, 0.717) is 19.3 Å². The Morgan fingerprint density at radius 3 is 2.74 bits per heavy atom. The maximum atomic E-state index is 13.6. The molecule has 0 radical (unpaired) electrons. The van der Waals surface area contributed by atoms with Gasteiger partial charge in [-0.3, -0.25) is 4.79 Å². The first kappa shape index (κ1) is 13.8. The van der Waals surface area contributed by atoms with E-state index in [-0.39, 0.29) is 29.4 Å². The number of hydrogen-bond acceptors (Lipinski definition) is 3. The summed E-state index contributed by atoms with van der Waals surface area (Å²) >= 11 is 0. The van der Waals surface area contributed by atoms with E-state index >= 15 is 0 Å². The van der Waals surface area contributed by atoms with Gasteiger partial charge in [0.2, 0.25) is 0 Å². The lowest BCUT2D eigenvalue weighted by Crippen LogP contribution is -2.46. The van der Waals surface area contributed by atoms with Crippen LogP contribution in [0.4, 0.5) is 4.39 Å². The molecule has 2 rings (SSSR count). The zero-order chi connectivity index (χ0) is 14.0. The Kier molecular flexibility index (Phi) is 4.04. The van der Waals surface area contributed by atoms with Gasteiger partial charge in [-0.15, -0.1) is 0 Å². The van der Waals surface area contributed by atoms with Crippen molar-refractivity contribution >= 4 is 5.91 Å². The second-order valence-electron chi connectivity index (χ2n) is 5.01. The Hall–Kier alpha value is -1.62. The zero-order valence-electron chi connectivity index (χ0n) is 10.8. The van der Waals surface area contributed by atoms with E-state index in [9.17, 15) is 19.4 Å². The third kappa shape index (κ3) is 2.87. The number of halogens is 1. The molecule has 0 aliphatic heterocycles. The van der Waals surface area contributed by atoms with E-state index in [1.54, 1.807) is 0 Å². The minimum absolute atomic E-state index is 0.102. The summed E-state index contributed by atoms with van der Waals surface area (Å²) in [7, 11) is 0. The summed E-state index contributed by atoms with van der Waals surface area (Å²) in [5, 5.41) is 21.6. The SMILES string of the molecule is CC[C@@H](NC(=O)c1c(O)cccc1F)C1CC(O)C1. The number of hydrogen-bond donors (Lipinski definition) is 3. The van der Waals surface area contributed by atoms with Crippen molar-refractivity contribution in [3.8, 4) is 5.75 Å². The molecule has 0 spiro atoms. The van der Waals surface area contributed by atoms with Crippen molar-refractivity contribution in [2.45, 2.75) is 38.3 Å². The van der Waals surface area contributed by atoms with Gasteiger partial charge in [0.25, 0.3) is 5.91 Å². The molecular weight excluding hydrogens is 249 g/mol. The number of phenolic OH excluding ortho intramolecular Hbond substituents is 1. The lowest BCUT2D eigenvalue weighted by Gasteiger charge is -2.37. The highest BCUT2D eigenvalue weighted by Crippen LogP contribution is 2.32. The van der Waals surface area contributed by atoms with Gasteiger partial charge in [0.15, 0.2) is 0 Å². The number of carbonyl (C=O) groups is 1. The lowest BCUT2D eigenvalue weighted by molar-refractivity contribution is 0.0232. The van der Waals surface area contributed by atoms with Gasteiger partial charge in [-0.1, -0.05) is 13.0 Å². The number of nitrogens with one attached hydrogen (secondary N) is 1. The molecule has 1 aliphatic rings. The number of rotatable bonds is 4. The number of phenols is 1. The van der Waals surface area contributed by atoms with Crippen LogP contribution in [-0.2, 0) is 0 Å². The largest absolute Gasteiger partial charge is 0.507 e. The van der Waals surface area contributed by atoms with Crippen molar-refractivity contribution in [1.29, 1.82) is 0 Å². The monoisotopic (exact) mass is 267 g/mol. The summed E-state index contributed by atoms with van der Waals surface area (Å²) in [6.45, 7) is 1.93. The van der Waals surface area contributed by atoms with Crippen LogP contribution in [0.15, 0.2) is 18.2 Å². The molecule has 0 saturated heterocycles. The molecule has 0 unspecified atom stereocenters. The van der Waals surface area contributed by atoms with Crippen molar-refractivity contribution in [2.24, 2.45) is 5.92 Å². The minimum Gasteiger partial charge on any atom is -0.507 e. The van der Waals surface area contributed by atoms with Crippen LogP contribution in [0.1, 0.15) is 36.5 Å². The van der Waals surface area contributed by atoms with Crippen LogP contribution in [-0.4, -0.2) is 28.3 Å². The standard InChI is InChI=1S/C14H18FNO3/c1-2-11(8-6-9(17)7-8)16-14(19)13-10(15)4-3-5-12(13)18/h3-5,8-9,11,17-18H,2,6-7H2,1H3,(H,16,19)/t8?,9?,11-/m1/s1. The van der Waals surface area contributed by atoms with Crippen LogP contribution in [0.2, 0.25) is 0 Å². The van der Waals surface area contributed by atoms with Gasteiger partial charge in [0.05, 0.1) is 6.10 Å². The highest BCUT2D eigenvalue weighted by atomic mass is 19.1. The van der Waals surface area contributed by atoms with Crippen LogP contribution in [0.3, 0.4) is 0 Å². The van der Waals surface area contributed by atoms with Crippen LogP contribution in [0, 0.1) is 11.7 Å². The summed E-state index contributed by atoms with van der Waals surface area (Å²) in [5.41, 5.74) is -0.319. The molecular formula is C14H18FNO3. The van der Waals surface area contributed by atoms with Crippen molar-refractivity contribution in [3.63, 3.8) is 0 Å². The number of carbonyl (C=O) groups excluding carboxylic acids is 1. The average Bonchev–Trinajstić information content (AvgIpc) is 2.32. The molecule has 1 fully saturated rings. The van der Waals surface area contributed by atoms with Gasteiger partial charge in [-0.25, -0.2) is 4.39 Å². The third-order valence-corrected chi connectivity index (χ3v) is 3.69. The van der Waals surface area contributed by atoms with Gasteiger partial charge in [0.1, 0.15) is 17.1 Å². The molecule has 4 nitrogen and oxygen atoms in total. The van der Waals surface area contributed by atoms with E-state index in [4.69, 9.17) is 0 Å². The third-order valence-electron chi connectivity index (χ3n) is 3.69. The Morgan fingerprint density at radius 2 is 2.21 bits per heavy atom. The van der Waals surface area contributed by atoms with Crippen molar-refractivity contribution < 1.29 is 19.4 Å². The van der Waals surface area contributed by atoms with E-state index < -0.39 is 11.7 Å². The molecule has 0 bridgehead atoms. The first-order valence-electron chi connectivity index (χ1n) is 6.49. The average molecular weight is 267 g/mol. The van der Waals surface area contributed by atoms with Crippen molar-refractivity contribution in [1.82, 2.24) is 5.32 Å². The Morgan fingerprint density at radius 1 is 1.53 bits per heavy atom. The smallest absolute Gasteiger partial charge is 0.258 e. The van der Waals surface area contributed by atoms with Crippen LogP contribution < -0.4 is 5.32 Å². The van der Waals surface area contributed by atoms with Crippen LogP contribution in [0.5, 0.6) is 5.75 Å². The van der Waals surface area contributed by atoms with E-state index in [1.807, 2.05) is 6.92 Å². The molecule has 1 saturated carbocycles. The van der Waals surface area contributed by atoms with Crippen molar-refractivity contribution in [3.05, 3.63) is 29.6 Å². The first-order chi connectivity index (χ1) is 9.02. The summed E-state index contributed by atoms with van der Waals surface area (Å²) in [6, 6.07) is 3.67. The van der Waals surface area contributed by atoms with Gasteiger partial charge in [-0.05, 0) is 37.3 Å². The van der Waals surface area contributed by atoms with Gasteiger partial charge >= 0.3 is 0 Å². The predicted molar refractivity (Wildman–Crippen MR) is 68.3 cm³/mol. The number of aliphatic hydroxyl groups is 1. The molecule has 3 N–H and O–H groups in total. The Bertz CT molecular complexity index is 452.